The van der Waals surface area contributed by atoms with Gasteiger partial charge in [0.25, 0.3) is 0 Å². The lowest BCUT2D eigenvalue weighted by atomic mass is 9.63. The third-order valence-corrected chi connectivity index (χ3v) is 33.4. The Morgan fingerprint density at radius 1 is 0.293 bits per heavy atom. The molecule has 9 aromatic carbocycles. The number of hydrogen-bond donors (Lipinski definition) is 0. The summed E-state index contributed by atoms with van der Waals surface area (Å²) in [5, 5.41) is 9.50. The van der Waals surface area contributed by atoms with E-state index in [-0.39, 0.29) is 23.7 Å². The summed E-state index contributed by atoms with van der Waals surface area (Å²) in [5.74, 6) is 8.11. The van der Waals surface area contributed by atoms with Crippen molar-refractivity contribution in [3.8, 4) is 22.9 Å². The molecule has 4 nitrogen and oxygen atoms in total. The van der Waals surface area contributed by atoms with Crippen molar-refractivity contribution in [1.82, 2.24) is 19.9 Å². The van der Waals surface area contributed by atoms with Crippen LogP contribution in [0.2, 0.25) is 33.2 Å². The molecule has 0 saturated heterocycles. The second-order valence-electron chi connectivity index (χ2n) is 26.5. The molecule has 0 N–H and O–H groups in total. The Bertz CT molecular complexity index is 4150. The zero-order valence-corrected chi connectivity index (χ0v) is 51.4. The van der Waals surface area contributed by atoms with E-state index >= 15 is 0 Å². The summed E-state index contributed by atoms with van der Waals surface area (Å²) in [6.07, 6.45) is 0. The molecular weight excluding hydrogens is 1030 g/mol. The summed E-state index contributed by atoms with van der Waals surface area (Å²) >= 11 is 0. The van der Waals surface area contributed by atoms with Gasteiger partial charge in [-0.15, -0.1) is 11.1 Å². The van der Waals surface area contributed by atoms with Crippen LogP contribution in [-0.4, -0.2) is 36.1 Å². The fraction of sp³-hybridized carbons (Fsp3) is 0.289. The largest absolute Gasteiger partial charge is 0.248 e. The molecule has 4 atom stereocenters. The molecule has 4 bridgehead atoms. The van der Waals surface area contributed by atoms with Gasteiger partial charge in [0.15, 0.2) is 0 Å². The van der Waals surface area contributed by atoms with Gasteiger partial charge in [-0.05, 0) is 169 Å². The average molecular weight is 1100 g/mol. The number of aromatic nitrogens is 4. The van der Waals surface area contributed by atoms with Crippen LogP contribution in [0, 0.1) is 22.9 Å². The molecule has 82 heavy (non-hydrogen) atoms. The van der Waals surface area contributed by atoms with Gasteiger partial charge in [-0.1, -0.05) is 192 Å². The number of fused-ring (bicyclic) bond motifs is 6. The van der Waals surface area contributed by atoms with E-state index in [9.17, 15) is 0 Å². The molecule has 2 aromatic heterocycles. The molecular formula is C76H70N4Si2. The summed E-state index contributed by atoms with van der Waals surface area (Å²) in [5.41, 5.74) is 32.3. The zero-order valence-electron chi connectivity index (χ0n) is 49.4. The van der Waals surface area contributed by atoms with Gasteiger partial charge in [-0.25, -0.2) is 19.9 Å². The Kier molecular flexibility index (Phi) is 11.5. The van der Waals surface area contributed by atoms with E-state index in [1.54, 1.807) is 0 Å². The number of rotatable bonds is 6. The van der Waals surface area contributed by atoms with Crippen LogP contribution in [0.5, 0.6) is 0 Å². The fourth-order valence-corrected chi connectivity index (χ4v) is 27.6. The molecule has 4 unspecified atom stereocenters. The van der Waals surface area contributed by atoms with Crippen molar-refractivity contribution in [1.29, 1.82) is 0 Å². The number of nitrogens with zero attached hydrogens (tertiary/aromatic N) is 4. The summed E-state index contributed by atoms with van der Waals surface area (Å²) in [6, 6.07) is 54.7. The van der Waals surface area contributed by atoms with E-state index < -0.39 is 16.1 Å². The smallest absolute Gasteiger partial charge is 0.146 e. The second-order valence-corrected chi connectivity index (χ2v) is 37.6. The van der Waals surface area contributed by atoms with E-state index in [1.807, 2.05) is 0 Å². The van der Waals surface area contributed by atoms with Gasteiger partial charge in [0, 0.05) is 11.1 Å². The Balaban J connectivity index is 1.09. The van der Waals surface area contributed by atoms with Crippen LogP contribution in [0.15, 0.2) is 146 Å². The van der Waals surface area contributed by atoms with Gasteiger partial charge >= 0.3 is 0 Å². The van der Waals surface area contributed by atoms with Gasteiger partial charge in [0.05, 0.1) is 68.5 Å². The van der Waals surface area contributed by atoms with Crippen LogP contribution in [0.4, 0.5) is 0 Å². The molecule has 11 aromatic rings. The van der Waals surface area contributed by atoms with Crippen LogP contribution >= 0.6 is 0 Å². The molecule has 0 amide bonds. The van der Waals surface area contributed by atoms with E-state index in [1.165, 1.54) is 87.6 Å². The van der Waals surface area contributed by atoms with Crippen LogP contribution < -0.4 is 0 Å². The number of hydrogen-bond acceptors (Lipinski definition) is 4. The zero-order chi connectivity index (χ0) is 56.4. The predicted molar refractivity (Wildman–Crippen MR) is 348 cm³/mol. The van der Waals surface area contributed by atoms with Crippen LogP contribution in [0.25, 0.3) is 65.2 Å². The van der Waals surface area contributed by atoms with Gasteiger partial charge < -0.3 is 0 Å². The van der Waals surface area contributed by atoms with Crippen LogP contribution in [0.3, 0.4) is 0 Å². The topological polar surface area (TPSA) is 51.6 Å². The molecule has 0 fully saturated rings. The standard InChI is InChI=1S/C76H70N4Si2/c1-41(2)81(42(3)4,43(5)6)31-29-51-57-37-61-63(71-55-27-19-17-25-53(55)69(61)73-75(71)79-67-35-49-23-15-13-21-47(49)33-65(67)77-73)39-59(57)52(30-32-82(44(7)8,45(9)10)46(11)12)60-40-64-62(38-58(51)60)70-54-26-18-20-28-56(54)72(64)76-74(70)78-66-34-48-22-14-16-24-50(48)36-68(66)80-76/h13-28,33-46,69-72H,1-12H3. The lowest BCUT2D eigenvalue weighted by Gasteiger charge is -2.41. The summed E-state index contributed by atoms with van der Waals surface area (Å²) in [4.78, 5) is 22.7. The van der Waals surface area contributed by atoms with Crippen molar-refractivity contribution >= 4 is 81.3 Å². The molecule has 6 aliphatic carbocycles. The quantitative estimate of drug-likeness (QED) is 0.0946. The Morgan fingerprint density at radius 3 is 0.732 bits per heavy atom. The monoisotopic (exact) mass is 1090 g/mol. The molecule has 6 heteroatoms. The molecule has 0 spiro atoms. The van der Waals surface area contributed by atoms with Crippen LogP contribution in [0.1, 0.15) is 185 Å². The predicted octanol–water partition coefficient (Wildman–Crippen LogP) is 19.3. The highest BCUT2D eigenvalue weighted by Gasteiger charge is 2.48. The molecule has 2 heterocycles. The van der Waals surface area contributed by atoms with Gasteiger partial charge in [-0.3, -0.25) is 0 Å². The lowest BCUT2D eigenvalue weighted by Crippen LogP contribution is -2.43. The molecule has 0 radical (unpaired) electrons. The minimum Gasteiger partial charge on any atom is -0.248 e. The summed E-state index contributed by atoms with van der Waals surface area (Å²) in [7, 11) is -4.52. The van der Waals surface area contributed by atoms with E-state index in [0.29, 0.717) is 33.2 Å². The molecule has 6 aliphatic rings. The first kappa shape index (κ1) is 51.2. The third kappa shape index (κ3) is 7.04. The first-order valence-corrected chi connectivity index (χ1v) is 34.8. The van der Waals surface area contributed by atoms with Crippen LogP contribution in [-0.2, 0) is 0 Å². The minimum atomic E-state index is -2.26. The molecule has 402 valence electrons. The first-order valence-electron chi connectivity index (χ1n) is 30.3. The maximum absolute atomic E-state index is 5.68. The molecule has 0 saturated carbocycles. The average Bonchev–Trinajstić information content (AvgIpc) is 1.52. The lowest BCUT2D eigenvalue weighted by molar-refractivity contribution is 0.710. The summed E-state index contributed by atoms with van der Waals surface area (Å²) in [6.45, 7) is 29.3. The van der Waals surface area contributed by atoms with Crippen molar-refractivity contribution in [2.75, 3.05) is 0 Å². The highest BCUT2D eigenvalue weighted by molar-refractivity contribution is 6.91. The van der Waals surface area contributed by atoms with Crippen molar-refractivity contribution in [2.45, 2.75) is 140 Å². The van der Waals surface area contributed by atoms with E-state index in [0.717, 1.165) is 56.0 Å². The second kappa shape index (κ2) is 18.4. The van der Waals surface area contributed by atoms with Gasteiger partial charge in [-0.2, -0.15) is 0 Å². The van der Waals surface area contributed by atoms with Gasteiger partial charge in [0.2, 0.25) is 0 Å². The van der Waals surface area contributed by atoms with Gasteiger partial charge in [0.1, 0.15) is 16.1 Å². The highest BCUT2D eigenvalue weighted by atomic mass is 28.3. The number of benzene rings is 9. The Morgan fingerprint density at radius 2 is 0.512 bits per heavy atom. The van der Waals surface area contributed by atoms with E-state index in [2.05, 4.69) is 252 Å². The van der Waals surface area contributed by atoms with Crippen molar-refractivity contribution in [2.24, 2.45) is 0 Å². The minimum absolute atomic E-state index is 0.0962. The first-order chi connectivity index (χ1) is 39.6. The Hall–Kier alpha value is -7.75. The normalized spacial score (nSPS) is 17.5. The third-order valence-electron chi connectivity index (χ3n) is 20.8. The van der Waals surface area contributed by atoms with E-state index in [4.69, 9.17) is 19.9 Å². The maximum atomic E-state index is 5.68. The maximum Gasteiger partial charge on any atom is 0.146 e. The highest BCUT2D eigenvalue weighted by Crippen LogP contribution is 2.59. The molecule has 0 aliphatic heterocycles. The summed E-state index contributed by atoms with van der Waals surface area (Å²) < 4.78 is 0. The Labute approximate surface area is 485 Å². The van der Waals surface area contributed by atoms with Crippen molar-refractivity contribution < 1.29 is 0 Å². The van der Waals surface area contributed by atoms with Crippen molar-refractivity contribution in [3.63, 3.8) is 0 Å². The molecule has 17 rings (SSSR count). The fourth-order valence-electron chi connectivity index (χ4n) is 17.2. The van der Waals surface area contributed by atoms with Crippen molar-refractivity contribution in [3.05, 3.63) is 224 Å². The SMILES string of the molecule is CC(C)[Si](C#Cc1c2cc3c(cc2c(C#C[Si](C(C)C)(C(C)C)C(C)C)c2cc4c(cc12)C1c2ccccc2C4c2nc4cc5ccccc5cc4nc21)C1c2ccccc2C3c2nc3cc4ccccc4cc3nc21)(C(C)C)C(C)C.